The molecule has 0 atom stereocenters. The van der Waals surface area contributed by atoms with E-state index in [1.807, 2.05) is 36.4 Å². The van der Waals surface area contributed by atoms with Gasteiger partial charge in [0.2, 0.25) is 0 Å². The van der Waals surface area contributed by atoms with Crippen molar-refractivity contribution < 1.29 is 0 Å². The number of rotatable bonds is 2. The summed E-state index contributed by atoms with van der Waals surface area (Å²) in [6.07, 6.45) is 3.61. The average Bonchev–Trinajstić information content (AvgIpc) is 2.30. The third-order valence-corrected chi connectivity index (χ3v) is 2.43. The highest BCUT2D eigenvalue weighted by Gasteiger charge is 2.24. The molecule has 0 amide bonds. The van der Waals surface area contributed by atoms with Crippen LogP contribution in [-0.4, -0.2) is 15.5 Å². The smallest absolute Gasteiger partial charge is 0.134 e. The van der Waals surface area contributed by atoms with Crippen LogP contribution in [0.4, 0.5) is 11.6 Å². The van der Waals surface area contributed by atoms with Crippen molar-refractivity contribution >= 4 is 11.6 Å². The minimum absolute atomic E-state index is 0.0668. The lowest BCUT2D eigenvalue weighted by Gasteiger charge is -2.35. The summed E-state index contributed by atoms with van der Waals surface area (Å²) >= 11 is 0. The Hall–Kier alpha value is -1.90. The molecule has 0 unspecified atom stereocenters. The Bertz CT molecular complexity index is 420. The van der Waals surface area contributed by atoms with Crippen molar-refractivity contribution in [3.63, 3.8) is 0 Å². The molecular formula is C14H17N3. The SMILES string of the molecule is CC(C)(C)N(c1ccccn1)c1ccccn1. The van der Waals surface area contributed by atoms with Crippen LogP contribution < -0.4 is 4.90 Å². The van der Waals surface area contributed by atoms with Gasteiger partial charge in [-0.25, -0.2) is 9.97 Å². The van der Waals surface area contributed by atoms with Gasteiger partial charge in [-0.1, -0.05) is 12.1 Å². The molecule has 0 fully saturated rings. The molecule has 0 spiro atoms. The summed E-state index contributed by atoms with van der Waals surface area (Å²) in [4.78, 5) is 10.9. The molecule has 0 aromatic carbocycles. The van der Waals surface area contributed by atoms with E-state index in [2.05, 4.69) is 35.6 Å². The molecule has 3 heteroatoms. The van der Waals surface area contributed by atoms with Crippen LogP contribution in [0.1, 0.15) is 20.8 Å². The lowest BCUT2D eigenvalue weighted by atomic mass is 10.1. The van der Waals surface area contributed by atoms with Gasteiger partial charge >= 0.3 is 0 Å². The average molecular weight is 227 g/mol. The fourth-order valence-corrected chi connectivity index (χ4v) is 1.78. The Morgan fingerprint density at radius 2 is 1.29 bits per heavy atom. The topological polar surface area (TPSA) is 29.0 Å². The third kappa shape index (κ3) is 2.61. The van der Waals surface area contributed by atoms with Crippen LogP contribution in [0.25, 0.3) is 0 Å². The van der Waals surface area contributed by atoms with Crippen molar-refractivity contribution in [3.05, 3.63) is 48.8 Å². The zero-order valence-electron chi connectivity index (χ0n) is 10.5. The Kier molecular flexibility index (Phi) is 3.09. The maximum absolute atomic E-state index is 4.41. The Morgan fingerprint density at radius 1 is 0.824 bits per heavy atom. The molecule has 17 heavy (non-hydrogen) atoms. The molecule has 0 radical (unpaired) electrons. The van der Waals surface area contributed by atoms with Gasteiger partial charge in [-0.2, -0.15) is 0 Å². The maximum atomic E-state index is 4.41. The normalized spacial score (nSPS) is 11.2. The molecule has 3 nitrogen and oxygen atoms in total. The van der Waals surface area contributed by atoms with E-state index in [4.69, 9.17) is 0 Å². The molecule has 0 N–H and O–H groups in total. The second kappa shape index (κ2) is 4.53. The molecule has 88 valence electrons. The Labute approximate surface area is 102 Å². The van der Waals surface area contributed by atoms with Crippen molar-refractivity contribution in [2.45, 2.75) is 26.3 Å². The first kappa shape index (κ1) is 11.6. The van der Waals surface area contributed by atoms with Gasteiger partial charge in [0.25, 0.3) is 0 Å². The lowest BCUT2D eigenvalue weighted by Crippen LogP contribution is -2.38. The summed E-state index contributed by atoms with van der Waals surface area (Å²) in [7, 11) is 0. The van der Waals surface area contributed by atoms with Crippen molar-refractivity contribution in [1.82, 2.24) is 9.97 Å². The molecule has 0 saturated heterocycles. The van der Waals surface area contributed by atoms with Crippen LogP contribution in [0.15, 0.2) is 48.8 Å². The molecule has 2 aromatic rings. The first-order valence-corrected chi connectivity index (χ1v) is 5.71. The summed E-state index contributed by atoms with van der Waals surface area (Å²) in [5.74, 6) is 1.83. The predicted octanol–water partition coefficient (Wildman–Crippen LogP) is 3.41. The third-order valence-electron chi connectivity index (χ3n) is 2.43. The minimum Gasteiger partial charge on any atom is -0.306 e. The number of hydrogen-bond donors (Lipinski definition) is 0. The zero-order chi connectivity index (χ0) is 12.3. The van der Waals surface area contributed by atoms with Gasteiger partial charge in [0, 0.05) is 17.9 Å². The maximum Gasteiger partial charge on any atom is 0.134 e. The lowest BCUT2D eigenvalue weighted by molar-refractivity contribution is 0.551. The van der Waals surface area contributed by atoms with Gasteiger partial charge in [-0.3, -0.25) is 0 Å². The zero-order valence-corrected chi connectivity index (χ0v) is 10.5. The quantitative estimate of drug-likeness (QED) is 0.787. The van der Waals surface area contributed by atoms with Gasteiger partial charge in [-0.05, 0) is 45.0 Å². The van der Waals surface area contributed by atoms with Crippen molar-refractivity contribution in [2.24, 2.45) is 0 Å². The van der Waals surface area contributed by atoms with Gasteiger partial charge in [-0.15, -0.1) is 0 Å². The van der Waals surface area contributed by atoms with E-state index in [-0.39, 0.29) is 5.54 Å². The fourth-order valence-electron chi connectivity index (χ4n) is 1.78. The molecule has 2 rings (SSSR count). The molecule has 2 heterocycles. The van der Waals surface area contributed by atoms with E-state index in [1.54, 1.807) is 12.4 Å². The summed E-state index contributed by atoms with van der Waals surface area (Å²) in [6.45, 7) is 6.45. The first-order chi connectivity index (χ1) is 8.09. The largest absolute Gasteiger partial charge is 0.306 e. The molecule has 0 aliphatic heterocycles. The van der Waals surface area contributed by atoms with Gasteiger partial charge in [0.1, 0.15) is 11.6 Å². The Morgan fingerprint density at radius 3 is 1.59 bits per heavy atom. The fraction of sp³-hybridized carbons (Fsp3) is 0.286. The number of anilines is 2. The number of pyridine rings is 2. The standard InChI is InChI=1S/C14H17N3/c1-14(2,3)17(12-8-4-6-10-15-12)13-9-5-7-11-16-13/h4-11H,1-3H3. The van der Waals surface area contributed by atoms with E-state index in [1.165, 1.54) is 0 Å². The Balaban J connectivity index is 2.48. The highest BCUT2D eigenvalue weighted by atomic mass is 15.3. The second-order valence-corrected chi connectivity index (χ2v) is 4.88. The highest BCUT2D eigenvalue weighted by molar-refractivity contribution is 5.57. The van der Waals surface area contributed by atoms with Crippen molar-refractivity contribution in [3.8, 4) is 0 Å². The summed E-state index contributed by atoms with van der Waals surface area (Å²) in [6, 6.07) is 11.8. The molecule has 0 aliphatic rings. The van der Waals surface area contributed by atoms with Crippen molar-refractivity contribution in [2.75, 3.05) is 4.90 Å². The first-order valence-electron chi connectivity index (χ1n) is 5.71. The van der Waals surface area contributed by atoms with Gasteiger partial charge in [0.15, 0.2) is 0 Å². The molecule has 0 aliphatic carbocycles. The van der Waals surface area contributed by atoms with Crippen LogP contribution in [0, 0.1) is 0 Å². The van der Waals surface area contributed by atoms with E-state index < -0.39 is 0 Å². The number of aromatic nitrogens is 2. The monoisotopic (exact) mass is 227 g/mol. The summed E-state index contributed by atoms with van der Waals surface area (Å²) in [5, 5.41) is 0. The van der Waals surface area contributed by atoms with Crippen LogP contribution in [-0.2, 0) is 0 Å². The molecule has 0 bridgehead atoms. The van der Waals surface area contributed by atoms with E-state index >= 15 is 0 Å². The minimum atomic E-state index is -0.0668. The van der Waals surface area contributed by atoms with E-state index in [0.717, 1.165) is 11.6 Å². The van der Waals surface area contributed by atoms with Crippen LogP contribution in [0.5, 0.6) is 0 Å². The van der Waals surface area contributed by atoms with E-state index in [0.29, 0.717) is 0 Å². The van der Waals surface area contributed by atoms with Crippen LogP contribution in [0.3, 0.4) is 0 Å². The van der Waals surface area contributed by atoms with Crippen LogP contribution in [0.2, 0.25) is 0 Å². The summed E-state index contributed by atoms with van der Waals surface area (Å²) in [5.41, 5.74) is -0.0668. The second-order valence-electron chi connectivity index (χ2n) is 4.88. The van der Waals surface area contributed by atoms with Crippen molar-refractivity contribution in [1.29, 1.82) is 0 Å². The highest BCUT2D eigenvalue weighted by Crippen LogP contribution is 2.29. The molecule has 0 saturated carbocycles. The summed E-state index contributed by atoms with van der Waals surface area (Å²) < 4.78 is 0. The number of nitrogens with zero attached hydrogens (tertiary/aromatic N) is 3. The van der Waals surface area contributed by atoms with Crippen LogP contribution >= 0.6 is 0 Å². The molecular weight excluding hydrogens is 210 g/mol. The van der Waals surface area contributed by atoms with E-state index in [9.17, 15) is 0 Å². The van der Waals surface area contributed by atoms with Gasteiger partial charge in [0.05, 0.1) is 0 Å². The van der Waals surface area contributed by atoms with Gasteiger partial charge < -0.3 is 4.90 Å². The number of hydrogen-bond acceptors (Lipinski definition) is 3. The molecule has 2 aromatic heterocycles. The predicted molar refractivity (Wildman–Crippen MR) is 70.4 cm³/mol.